The smallest absolute Gasteiger partial charge is 0.241 e. The summed E-state index contributed by atoms with van der Waals surface area (Å²) in [5.41, 5.74) is 0.309. The lowest BCUT2D eigenvalue weighted by Gasteiger charge is -2.35. The minimum atomic E-state index is -0.802. The zero-order valence-electron chi connectivity index (χ0n) is 14.4. The van der Waals surface area contributed by atoms with Gasteiger partial charge in [-0.2, -0.15) is 0 Å². The average molecular weight is 349 g/mol. The van der Waals surface area contributed by atoms with Crippen molar-refractivity contribution < 1.29 is 18.7 Å². The lowest BCUT2D eigenvalue weighted by molar-refractivity contribution is -0.142. The van der Waals surface area contributed by atoms with Gasteiger partial charge in [0.25, 0.3) is 0 Å². The first-order valence-corrected chi connectivity index (χ1v) is 8.71. The Bertz CT molecular complexity index is 634. The number of carbonyl (C=O) groups excluding carboxylic acids is 2. The molecule has 1 aromatic rings. The van der Waals surface area contributed by atoms with Gasteiger partial charge in [-0.15, -0.1) is 0 Å². The molecule has 2 aliphatic rings. The fraction of sp³-hybridized carbons (Fsp3) is 0.556. The van der Waals surface area contributed by atoms with E-state index in [-0.39, 0.29) is 11.8 Å². The maximum absolute atomic E-state index is 14.4. The van der Waals surface area contributed by atoms with Crippen molar-refractivity contribution in [3.8, 4) is 0 Å². The molecular formula is C18H24FN3O3. The van der Waals surface area contributed by atoms with Gasteiger partial charge in [-0.25, -0.2) is 4.39 Å². The molecule has 0 spiro atoms. The van der Waals surface area contributed by atoms with Crippen LogP contribution < -0.4 is 5.32 Å². The Morgan fingerprint density at radius 2 is 1.96 bits per heavy atom. The quantitative estimate of drug-likeness (QED) is 0.879. The third-order valence-corrected chi connectivity index (χ3v) is 4.93. The lowest BCUT2D eigenvalue weighted by atomic mass is 10.0. The average Bonchev–Trinajstić information content (AvgIpc) is 3.12. The molecule has 2 fully saturated rings. The first kappa shape index (κ1) is 17.8. The van der Waals surface area contributed by atoms with E-state index in [0.717, 1.165) is 6.42 Å². The molecule has 2 saturated heterocycles. The maximum Gasteiger partial charge on any atom is 0.241 e. The van der Waals surface area contributed by atoms with Gasteiger partial charge in [0.2, 0.25) is 11.8 Å². The summed E-state index contributed by atoms with van der Waals surface area (Å²) in [6, 6.07) is 5.07. The summed E-state index contributed by atoms with van der Waals surface area (Å²) >= 11 is 0. The van der Waals surface area contributed by atoms with Crippen LogP contribution in [-0.4, -0.2) is 67.6 Å². The number of benzene rings is 1. The second-order valence-electron chi connectivity index (χ2n) is 6.37. The standard InChI is InChI=1S/C18H24FN3O3/c1-20-17(23)16(13-5-2-3-6-14(13)19)22-8-4-7-15(22)18(24)21-9-11-25-12-10-21/h2-3,5-6,15-16H,4,7-12H2,1H3,(H,20,23). The van der Waals surface area contributed by atoms with Crippen LogP contribution >= 0.6 is 0 Å². The van der Waals surface area contributed by atoms with E-state index < -0.39 is 17.9 Å². The molecule has 136 valence electrons. The Labute approximate surface area is 146 Å². The van der Waals surface area contributed by atoms with Crippen LogP contribution in [-0.2, 0) is 14.3 Å². The Kier molecular flexibility index (Phi) is 5.65. The van der Waals surface area contributed by atoms with E-state index in [4.69, 9.17) is 4.74 Å². The minimum Gasteiger partial charge on any atom is -0.378 e. The van der Waals surface area contributed by atoms with Crippen molar-refractivity contribution in [2.24, 2.45) is 0 Å². The number of carbonyl (C=O) groups is 2. The van der Waals surface area contributed by atoms with Crippen LogP contribution in [0.15, 0.2) is 24.3 Å². The molecule has 6 nitrogen and oxygen atoms in total. The van der Waals surface area contributed by atoms with E-state index in [0.29, 0.717) is 44.8 Å². The van der Waals surface area contributed by atoms with E-state index in [2.05, 4.69) is 5.32 Å². The number of amides is 2. The fourth-order valence-electron chi connectivity index (χ4n) is 3.66. The van der Waals surface area contributed by atoms with E-state index >= 15 is 0 Å². The number of ether oxygens (including phenoxy) is 1. The van der Waals surface area contributed by atoms with Gasteiger partial charge in [0.1, 0.15) is 11.9 Å². The number of morpholine rings is 1. The number of halogens is 1. The first-order chi connectivity index (χ1) is 12.1. The molecular weight excluding hydrogens is 325 g/mol. The summed E-state index contributed by atoms with van der Waals surface area (Å²) in [5, 5.41) is 2.61. The summed E-state index contributed by atoms with van der Waals surface area (Å²) in [5.74, 6) is -0.724. The molecule has 3 rings (SSSR count). The normalized spacial score (nSPS) is 22.6. The van der Waals surface area contributed by atoms with Crippen LogP contribution in [0.1, 0.15) is 24.4 Å². The molecule has 0 aliphatic carbocycles. The molecule has 2 unspecified atom stereocenters. The van der Waals surface area contributed by atoms with Gasteiger partial charge >= 0.3 is 0 Å². The number of likely N-dealkylation sites (N-methyl/N-ethyl adjacent to an activating group) is 1. The van der Waals surface area contributed by atoms with Crippen molar-refractivity contribution in [2.45, 2.75) is 24.9 Å². The molecule has 0 radical (unpaired) electrons. The molecule has 2 atom stereocenters. The first-order valence-electron chi connectivity index (χ1n) is 8.71. The number of likely N-dealkylation sites (tertiary alicyclic amines) is 1. The molecule has 0 bridgehead atoms. The highest BCUT2D eigenvalue weighted by molar-refractivity contribution is 5.86. The zero-order valence-corrected chi connectivity index (χ0v) is 14.4. The highest BCUT2D eigenvalue weighted by Gasteiger charge is 2.41. The predicted molar refractivity (Wildman–Crippen MR) is 90.3 cm³/mol. The van der Waals surface area contributed by atoms with E-state index in [1.165, 1.54) is 13.1 Å². The largest absolute Gasteiger partial charge is 0.378 e. The zero-order chi connectivity index (χ0) is 17.8. The van der Waals surface area contributed by atoms with Crippen LogP contribution in [0, 0.1) is 5.82 Å². The van der Waals surface area contributed by atoms with Crippen molar-refractivity contribution in [1.82, 2.24) is 15.1 Å². The highest BCUT2D eigenvalue weighted by atomic mass is 19.1. The second kappa shape index (κ2) is 7.93. The van der Waals surface area contributed by atoms with Gasteiger partial charge < -0.3 is 15.0 Å². The van der Waals surface area contributed by atoms with Gasteiger partial charge in [-0.05, 0) is 18.9 Å². The van der Waals surface area contributed by atoms with E-state index in [1.807, 2.05) is 4.90 Å². The fourth-order valence-corrected chi connectivity index (χ4v) is 3.66. The Balaban J connectivity index is 1.88. The minimum absolute atomic E-state index is 0.00559. The number of hydrogen-bond donors (Lipinski definition) is 1. The van der Waals surface area contributed by atoms with Gasteiger partial charge in [-0.1, -0.05) is 18.2 Å². The van der Waals surface area contributed by atoms with Crippen molar-refractivity contribution in [3.63, 3.8) is 0 Å². The Morgan fingerprint density at radius 3 is 2.64 bits per heavy atom. The topological polar surface area (TPSA) is 61.9 Å². The molecule has 7 heteroatoms. The van der Waals surface area contributed by atoms with Crippen molar-refractivity contribution in [2.75, 3.05) is 39.9 Å². The Morgan fingerprint density at radius 1 is 1.24 bits per heavy atom. The van der Waals surface area contributed by atoms with Gasteiger partial charge in [-0.3, -0.25) is 14.5 Å². The number of nitrogens with one attached hydrogen (secondary N) is 1. The predicted octanol–water partition coefficient (Wildman–Crippen LogP) is 0.936. The van der Waals surface area contributed by atoms with Crippen molar-refractivity contribution in [3.05, 3.63) is 35.6 Å². The number of nitrogens with zero attached hydrogens (tertiary/aromatic N) is 2. The summed E-state index contributed by atoms with van der Waals surface area (Å²) in [7, 11) is 1.53. The summed E-state index contributed by atoms with van der Waals surface area (Å²) in [6.45, 7) is 2.78. The van der Waals surface area contributed by atoms with Crippen LogP contribution in [0.25, 0.3) is 0 Å². The summed E-state index contributed by atoms with van der Waals surface area (Å²) in [6.07, 6.45) is 1.49. The number of rotatable bonds is 4. The summed E-state index contributed by atoms with van der Waals surface area (Å²) < 4.78 is 19.7. The maximum atomic E-state index is 14.4. The molecule has 25 heavy (non-hydrogen) atoms. The van der Waals surface area contributed by atoms with Crippen LogP contribution in [0.2, 0.25) is 0 Å². The molecule has 2 heterocycles. The highest BCUT2D eigenvalue weighted by Crippen LogP contribution is 2.32. The van der Waals surface area contributed by atoms with Crippen molar-refractivity contribution in [1.29, 1.82) is 0 Å². The molecule has 1 N–H and O–H groups in total. The van der Waals surface area contributed by atoms with E-state index in [1.54, 1.807) is 23.1 Å². The van der Waals surface area contributed by atoms with Crippen LogP contribution in [0.3, 0.4) is 0 Å². The third kappa shape index (κ3) is 3.67. The molecule has 0 aromatic heterocycles. The van der Waals surface area contributed by atoms with Crippen LogP contribution in [0.4, 0.5) is 4.39 Å². The van der Waals surface area contributed by atoms with Gasteiger partial charge in [0.05, 0.1) is 19.3 Å². The Hall–Kier alpha value is -1.99. The monoisotopic (exact) mass is 349 g/mol. The SMILES string of the molecule is CNC(=O)C(c1ccccc1F)N1CCCC1C(=O)N1CCOCC1. The molecule has 1 aromatic carbocycles. The third-order valence-electron chi connectivity index (χ3n) is 4.93. The van der Waals surface area contributed by atoms with Gasteiger partial charge in [0, 0.05) is 32.2 Å². The molecule has 2 amide bonds. The van der Waals surface area contributed by atoms with Gasteiger partial charge in [0.15, 0.2) is 0 Å². The molecule has 0 saturated carbocycles. The lowest BCUT2D eigenvalue weighted by Crippen LogP contribution is -2.52. The number of hydrogen-bond acceptors (Lipinski definition) is 4. The van der Waals surface area contributed by atoms with Crippen LogP contribution in [0.5, 0.6) is 0 Å². The second-order valence-corrected chi connectivity index (χ2v) is 6.37. The molecule has 2 aliphatic heterocycles. The van der Waals surface area contributed by atoms with Crippen molar-refractivity contribution >= 4 is 11.8 Å². The summed E-state index contributed by atoms with van der Waals surface area (Å²) in [4.78, 5) is 29.1. The van der Waals surface area contributed by atoms with E-state index in [9.17, 15) is 14.0 Å².